The van der Waals surface area contributed by atoms with Crippen LogP contribution in [0, 0.1) is 0 Å². The minimum absolute atomic E-state index is 0.115. The summed E-state index contributed by atoms with van der Waals surface area (Å²) < 4.78 is 38.1. The summed E-state index contributed by atoms with van der Waals surface area (Å²) in [5.41, 5.74) is 1.26. The van der Waals surface area contributed by atoms with Crippen LogP contribution in [0.15, 0.2) is 54.6 Å². The van der Waals surface area contributed by atoms with Crippen LogP contribution in [0.3, 0.4) is 0 Å². The molecule has 1 nitrogen and oxygen atoms in total. The fraction of sp³-hybridized carbons (Fsp3) is 0.294. The van der Waals surface area contributed by atoms with Gasteiger partial charge in [0.15, 0.2) is 0 Å². The van der Waals surface area contributed by atoms with Gasteiger partial charge in [-0.05, 0) is 43.1 Å². The van der Waals surface area contributed by atoms with E-state index in [-0.39, 0.29) is 6.04 Å². The summed E-state index contributed by atoms with van der Waals surface area (Å²) in [6.07, 6.45) is -3.44. The maximum absolute atomic E-state index is 12.7. The highest BCUT2D eigenvalue weighted by atomic mass is 19.4. The van der Waals surface area contributed by atoms with E-state index >= 15 is 0 Å². The molecule has 21 heavy (non-hydrogen) atoms. The van der Waals surface area contributed by atoms with E-state index < -0.39 is 11.7 Å². The first-order chi connectivity index (χ1) is 9.97. The van der Waals surface area contributed by atoms with Gasteiger partial charge in [0.2, 0.25) is 0 Å². The molecule has 0 saturated carbocycles. The zero-order chi connectivity index (χ0) is 15.3. The highest BCUT2D eigenvalue weighted by Gasteiger charge is 2.30. The first-order valence-electron chi connectivity index (χ1n) is 6.91. The Morgan fingerprint density at radius 3 is 2.38 bits per heavy atom. The fourth-order valence-electron chi connectivity index (χ4n) is 2.18. The lowest BCUT2D eigenvalue weighted by Gasteiger charge is -2.16. The number of hydrogen-bond donors (Lipinski definition) is 1. The molecule has 112 valence electrons. The smallest absolute Gasteiger partial charge is 0.310 e. The van der Waals surface area contributed by atoms with Gasteiger partial charge in [-0.25, -0.2) is 0 Å². The molecule has 0 aliphatic carbocycles. The standard InChI is InChI=1S/C17H18F3N/c1-13(21-11-10-14-6-3-2-4-7-14)15-8-5-9-16(12-15)17(18,19)20/h2-9,12-13,21H,10-11H2,1H3. The second-order valence-electron chi connectivity index (χ2n) is 5.03. The van der Waals surface area contributed by atoms with E-state index in [9.17, 15) is 13.2 Å². The number of nitrogens with one attached hydrogen (secondary N) is 1. The third-order valence-electron chi connectivity index (χ3n) is 3.42. The van der Waals surface area contributed by atoms with Crippen molar-refractivity contribution in [3.63, 3.8) is 0 Å². The number of halogens is 3. The fourth-order valence-corrected chi connectivity index (χ4v) is 2.18. The van der Waals surface area contributed by atoms with Crippen LogP contribution in [0.25, 0.3) is 0 Å². The Balaban J connectivity index is 1.93. The largest absolute Gasteiger partial charge is 0.416 e. The van der Waals surface area contributed by atoms with Crippen molar-refractivity contribution in [1.29, 1.82) is 0 Å². The minimum Gasteiger partial charge on any atom is -0.310 e. The summed E-state index contributed by atoms with van der Waals surface area (Å²) in [7, 11) is 0. The van der Waals surface area contributed by atoms with Crippen LogP contribution in [-0.4, -0.2) is 6.54 Å². The molecule has 0 amide bonds. The lowest BCUT2D eigenvalue weighted by molar-refractivity contribution is -0.137. The third-order valence-corrected chi connectivity index (χ3v) is 3.42. The molecule has 0 aliphatic rings. The van der Waals surface area contributed by atoms with Gasteiger partial charge >= 0.3 is 6.18 Å². The molecule has 0 bridgehead atoms. The van der Waals surface area contributed by atoms with Crippen molar-refractivity contribution in [2.24, 2.45) is 0 Å². The maximum Gasteiger partial charge on any atom is 0.416 e. The molecule has 0 saturated heterocycles. The van der Waals surface area contributed by atoms with Crippen LogP contribution in [0.1, 0.15) is 29.7 Å². The lowest BCUT2D eigenvalue weighted by Crippen LogP contribution is -2.21. The average molecular weight is 293 g/mol. The summed E-state index contributed by atoms with van der Waals surface area (Å²) in [5.74, 6) is 0. The van der Waals surface area contributed by atoms with Crippen molar-refractivity contribution in [3.05, 3.63) is 71.3 Å². The first-order valence-corrected chi connectivity index (χ1v) is 6.91. The molecular weight excluding hydrogens is 275 g/mol. The van der Waals surface area contributed by atoms with Crippen LogP contribution in [-0.2, 0) is 12.6 Å². The van der Waals surface area contributed by atoms with Crippen molar-refractivity contribution in [1.82, 2.24) is 5.32 Å². The van der Waals surface area contributed by atoms with E-state index in [1.54, 1.807) is 6.07 Å². The van der Waals surface area contributed by atoms with Gasteiger partial charge in [-0.3, -0.25) is 0 Å². The average Bonchev–Trinajstić information content (AvgIpc) is 2.47. The number of alkyl halides is 3. The molecule has 0 spiro atoms. The normalized spacial score (nSPS) is 13.1. The van der Waals surface area contributed by atoms with Gasteiger partial charge in [0, 0.05) is 6.04 Å². The Morgan fingerprint density at radius 1 is 1.00 bits per heavy atom. The van der Waals surface area contributed by atoms with Gasteiger partial charge in [-0.15, -0.1) is 0 Å². The van der Waals surface area contributed by atoms with E-state index in [0.717, 1.165) is 19.0 Å². The summed E-state index contributed by atoms with van der Waals surface area (Å²) in [6, 6.07) is 15.4. The van der Waals surface area contributed by atoms with Gasteiger partial charge in [0.1, 0.15) is 0 Å². The molecule has 0 aromatic heterocycles. The van der Waals surface area contributed by atoms with Crippen molar-refractivity contribution >= 4 is 0 Å². The molecule has 2 aromatic rings. The van der Waals surface area contributed by atoms with Crippen LogP contribution < -0.4 is 5.32 Å². The molecule has 0 aliphatic heterocycles. The molecule has 1 N–H and O–H groups in total. The Hall–Kier alpha value is -1.81. The van der Waals surface area contributed by atoms with Gasteiger partial charge in [-0.1, -0.05) is 42.5 Å². The summed E-state index contributed by atoms with van der Waals surface area (Å²) in [4.78, 5) is 0. The van der Waals surface area contributed by atoms with Crippen LogP contribution in [0.5, 0.6) is 0 Å². The van der Waals surface area contributed by atoms with E-state index in [1.165, 1.54) is 17.7 Å². The van der Waals surface area contributed by atoms with Crippen molar-refractivity contribution in [3.8, 4) is 0 Å². The maximum atomic E-state index is 12.7. The molecule has 1 unspecified atom stereocenters. The SMILES string of the molecule is CC(NCCc1ccccc1)c1cccc(C(F)(F)F)c1. The predicted molar refractivity (Wildman–Crippen MR) is 78.0 cm³/mol. The zero-order valence-electron chi connectivity index (χ0n) is 11.8. The molecule has 4 heteroatoms. The highest BCUT2D eigenvalue weighted by Crippen LogP contribution is 2.30. The molecule has 0 fully saturated rings. The van der Waals surface area contributed by atoms with E-state index in [1.807, 2.05) is 37.3 Å². The van der Waals surface area contributed by atoms with E-state index in [0.29, 0.717) is 5.56 Å². The molecular formula is C17H18F3N. The van der Waals surface area contributed by atoms with Crippen LogP contribution >= 0.6 is 0 Å². The van der Waals surface area contributed by atoms with Crippen molar-refractivity contribution in [2.75, 3.05) is 6.54 Å². The van der Waals surface area contributed by atoms with Crippen molar-refractivity contribution in [2.45, 2.75) is 25.6 Å². The number of rotatable bonds is 5. The molecule has 2 aromatic carbocycles. The van der Waals surface area contributed by atoms with E-state index in [2.05, 4.69) is 5.32 Å². The zero-order valence-corrected chi connectivity index (χ0v) is 11.8. The summed E-state index contributed by atoms with van der Waals surface area (Å²) in [6.45, 7) is 2.60. The quantitative estimate of drug-likeness (QED) is 0.849. The van der Waals surface area contributed by atoms with Gasteiger partial charge in [0.25, 0.3) is 0 Å². The monoisotopic (exact) mass is 293 g/mol. The molecule has 0 radical (unpaired) electrons. The van der Waals surface area contributed by atoms with Gasteiger partial charge in [-0.2, -0.15) is 13.2 Å². The number of hydrogen-bond acceptors (Lipinski definition) is 1. The van der Waals surface area contributed by atoms with E-state index in [4.69, 9.17) is 0 Å². The number of benzene rings is 2. The predicted octanol–water partition coefficient (Wildman–Crippen LogP) is 4.60. The van der Waals surface area contributed by atoms with Crippen LogP contribution in [0.4, 0.5) is 13.2 Å². The Bertz CT molecular complexity index is 564. The Labute approximate surface area is 122 Å². The first kappa shape index (κ1) is 15.6. The molecule has 0 heterocycles. The summed E-state index contributed by atoms with van der Waals surface area (Å²) in [5, 5.41) is 3.26. The Kier molecular flexibility index (Phi) is 5.02. The third kappa shape index (κ3) is 4.60. The minimum atomic E-state index is -4.29. The van der Waals surface area contributed by atoms with Crippen molar-refractivity contribution < 1.29 is 13.2 Å². The van der Waals surface area contributed by atoms with Gasteiger partial charge in [0.05, 0.1) is 5.56 Å². The Morgan fingerprint density at radius 2 is 1.71 bits per heavy atom. The summed E-state index contributed by atoms with van der Waals surface area (Å²) >= 11 is 0. The second kappa shape index (κ2) is 6.76. The second-order valence-corrected chi connectivity index (χ2v) is 5.03. The van der Waals surface area contributed by atoms with Gasteiger partial charge < -0.3 is 5.32 Å². The highest BCUT2D eigenvalue weighted by molar-refractivity contribution is 5.27. The topological polar surface area (TPSA) is 12.0 Å². The molecule has 2 rings (SSSR count). The molecule has 1 atom stereocenters. The van der Waals surface area contributed by atoms with Crippen LogP contribution in [0.2, 0.25) is 0 Å². The lowest BCUT2D eigenvalue weighted by atomic mass is 10.0.